The molecule has 1 N–H and O–H groups in total. The zero-order valence-corrected chi connectivity index (χ0v) is 18.4. The van der Waals surface area contributed by atoms with E-state index in [2.05, 4.69) is 0 Å². The smallest absolute Gasteiger partial charge is 0.377 e. The Hall–Kier alpha value is -2.64. The Kier molecular flexibility index (Phi) is 6.95. The van der Waals surface area contributed by atoms with Gasteiger partial charge in [-0.05, 0) is 31.0 Å². The quantitative estimate of drug-likeness (QED) is 0.298. The van der Waals surface area contributed by atoms with E-state index in [1.54, 1.807) is 0 Å². The van der Waals surface area contributed by atoms with Crippen molar-refractivity contribution in [3.05, 3.63) is 60.2 Å². The summed E-state index contributed by atoms with van der Waals surface area (Å²) in [5.74, 6) is 1.37. The van der Waals surface area contributed by atoms with Crippen molar-refractivity contribution >= 4 is 27.3 Å². The predicted octanol–water partition coefficient (Wildman–Crippen LogP) is 4.84. The van der Waals surface area contributed by atoms with E-state index in [1.807, 2.05) is 73.0 Å². The van der Waals surface area contributed by atoms with Crippen molar-refractivity contribution in [1.29, 1.82) is 0 Å². The summed E-state index contributed by atoms with van der Waals surface area (Å²) in [5, 5.41) is -0.873. The van der Waals surface area contributed by atoms with Gasteiger partial charge < -0.3 is 9.15 Å². The minimum Gasteiger partial charge on any atom is -0.498 e. The van der Waals surface area contributed by atoms with Gasteiger partial charge in [0.15, 0.2) is 6.54 Å². The Bertz CT molecular complexity index is 1130. The highest BCUT2D eigenvalue weighted by Crippen LogP contribution is 2.25. The van der Waals surface area contributed by atoms with Gasteiger partial charge in [-0.2, -0.15) is 13.0 Å². The largest absolute Gasteiger partial charge is 0.498 e. The van der Waals surface area contributed by atoms with Gasteiger partial charge >= 0.3 is 5.89 Å². The van der Waals surface area contributed by atoms with Crippen LogP contribution in [0.1, 0.15) is 39.5 Å². The van der Waals surface area contributed by atoms with Gasteiger partial charge in [-0.3, -0.25) is 4.55 Å². The molecule has 3 aromatic rings. The van der Waals surface area contributed by atoms with Crippen molar-refractivity contribution in [2.45, 2.75) is 45.4 Å². The molecular formula is C23H28NO5S+. The first-order valence-corrected chi connectivity index (χ1v) is 11.6. The molecule has 0 aliphatic rings. The Morgan fingerprint density at radius 2 is 1.90 bits per heavy atom. The molecule has 0 saturated carbocycles. The van der Waals surface area contributed by atoms with Gasteiger partial charge in [0.05, 0.1) is 17.9 Å². The van der Waals surface area contributed by atoms with Crippen molar-refractivity contribution in [3.8, 4) is 11.1 Å². The van der Waals surface area contributed by atoms with Gasteiger partial charge in [-0.1, -0.05) is 43.3 Å². The van der Waals surface area contributed by atoms with Crippen LogP contribution in [-0.2, 0) is 21.4 Å². The Balaban J connectivity index is 2.09. The number of fused-ring (bicyclic) bond motifs is 1. The SMILES string of the molecule is CCO/C(=C/c1oc2ccc(-c3ccccc3)cc2[n+]1CCC(C)S(=O)(=O)O)CC. The highest BCUT2D eigenvalue weighted by molar-refractivity contribution is 7.86. The summed E-state index contributed by atoms with van der Waals surface area (Å²) in [6.07, 6.45) is 2.82. The second kappa shape index (κ2) is 9.45. The van der Waals surface area contributed by atoms with E-state index in [-0.39, 0.29) is 6.42 Å². The average molecular weight is 431 g/mol. The summed E-state index contributed by atoms with van der Waals surface area (Å²) >= 11 is 0. The molecule has 1 unspecified atom stereocenters. The van der Waals surface area contributed by atoms with E-state index < -0.39 is 15.4 Å². The van der Waals surface area contributed by atoms with Crippen LogP contribution < -0.4 is 4.57 Å². The average Bonchev–Trinajstić information content (AvgIpc) is 3.07. The summed E-state index contributed by atoms with van der Waals surface area (Å²) in [7, 11) is -4.09. The van der Waals surface area contributed by atoms with Crippen molar-refractivity contribution in [2.24, 2.45) is 0 Å². The molecule has 30 heavy (non-hydrogen) atoms. The number of rotatable bonds is 9. The maximum Gasteiger partial charge on any atom is 0.377 e. The molecule has 0 fully saturated rings. The number of hydrogen-bond donors (Lipinski definition) is 1. The lowest BCUT2D eigenvalue weighted by Gasteiger charge is -2.06. The summed E-state index contributed by atoms with van der Waals surface area (Å²) < 4.78 is 46.0. The van der Waals surface area contributed by atoms with Crippen molar-refractivity contribution in [1.82, 2.24) is 0 Å². The molecule has 0 bridgehead atoms. The van der Waals surface area contributed by atoms with E-state index in [0.717, 1.165) is 22.4 Å². The van der Waals surface area contributed by atoms with Crippen LogP contribution in [0.15, 0.2) is 58.7 Å². The fourth-order valence-electron chi connectivity index (χ4n) is 3.28. The zero-order chi connectivity index (χ0) is 21.7. The van der Waals surface area contributed by atoms with Crippen molar-refractivity contribution < 1.29 is 26.7 Å². The van der Waals surface area contributed by atoms with Gasteiger partial charge in [-0.25, -0.2) is 0 Å². The number of aromatic nitrogens is 1. The molecule has 1 atom stereocenters. The normalized spacial score (nSPS) is 13.5. The Morgan fingerprint density at radius 1 is 1.17 bits per heavy atom. The highest BCUT2D eigenvalue weighted by atomic mass is 32.2. The molecule has 0 saturated heterocycles. The topological polar surface area (TPSA) is 80.6 Å². The number of hydrogen-bond acceptors (Lipinski definition) is 4. The lowest BCUT2D eigenvalue weighted by Crippen LogP contribution is -2.37. The van der Waals surface area contributed by atoms with E-state index >= 15 is 0 Å². The van der Waals surface area contributed by atoms with Crippen LogP contribution in [0.5, 0.6) is 0 Å². The molecule has 0 amide bonds. The molecule has 0 radical (unpaired) electrons. The zero-order valence-electron chi connectivity index (χ0n) is 17.5. The maximum atomic E-state index is 11.5. The van der Waals surface area contributed by atoms with Crippen LogP contribution in [0.4, 0.5) is 0 Å². The van der Waals surface area contributed by atoms with Crippen molar-refractivity contribution in [3.63, 3.8) is 0 Å². The molecular weight excluding hydrogens is 402 g/mol. The second-order valence-corrected chi connectivity index (χ2v) is 8.99. The molecule has 160 valence electrons. The van der Waals surface area contributed by atoms with Crippen LogP contribution in [0.2, 0.25) is 0 Å². The van der Waals surface area contributed by atoms with Crippen LogP contribution in [0.3, 0.4) is 0 Å². The van der Waals surface area contributed by atoms with Gasteiger partial charge in [0.2, 0.25) is 5.58 Å². The lowest BCUT2D eigenvalue weighted by atomic mass is 10.1. The Labute approximate surface area is 177 Å². The third-order valence-corrected chi connectivity index (χ3v) is 6.32. The van der Waals surface area contributed by atoms with E-state index in [0.29, 0.717) is 31.0 Å². The molecule has 2 aromatic carbocycles. The predicted molar refractivity (Wildman–Crippen MR) is 117 cm³/mol. The Morgan fingerprint density at radius 3 is 2.53 bits per heavy atom. The second-order valence-electron chi connectivity index (χ2n) is 7.15. The third kappa shape index (κ3) is 5.09. The van der Waals surface area contributed by atoms with E-state index in [9.17, 15) is 13.0 Å². The van der Waals surface area contributed by atoms with Gasteiger partial charge in [0.1, 0.15) is 5.76 Å². The summed E-state index contributed by atoms with van der Waals surface area (Å²) in [6, 6.07) is 16.0. The lowest BCUT2D eigenvalue weighted by molar-refractivity contribution is -0.678. The maximum absolute atomic E-state index is 11.5. The summed E-state index contributed by atoms with van der Waals surface area (Å²) in [6.45, 7) is 6.36. The van der Waals surface area contributed by atoms with Crippen LogP contribution >= 0.6 is 0 Å². The van der Waals surface area contributed by atoms with Gasteiger partial charge in [-0.15, -0.1) is 0 Å². The van der Waals surface area contributed by atoms with Crippen LogP contribution in [0, 0.1) is 0 Å². The first kappa shape index (κ1) is 22.1. The molecule has 6 nitrogen and oxygen atoms in total. The molecule has 1 heterocycles. The van der Waals surface area contributed by atoms with Crippen molar-refractivity contribution in [2.75, 3.05) is 6.61 Å². The monoisotopic (exact) mass is 430 g/mol. The summed E-state index contributed by atoms with van der Waals surface area (Å²) in [5.41, 5.74) is 3.68. The molecule has 0 spiro atoms. The highest BCUT2D eigenvalue weighted by Gasteiger charge is 2.26. The number of oxazole rings is 1. The molecule has 7 heteroatoms. The fourth-order valence-corrected chi connectivity index (χ4v) is 3.68. The minimum absolute atomic E-state index is 0.255. The number of allylic oxidation sites excluding steroid dienone is 1. The van der Waals surface area contributed by atoms with Crippen LogP contribution in [-0.4, -0.2) is 24.8 Å². The van der Waals surface area contributed by atoms with Gasteiger partial charge in [0, 0.05) is 18.9 Å². The third-order valence-electron chi connectivity index (χ3n) is 5.07. The molecule has 0 aliphatic heterocycles. The molecule has 3 rings (SSSR count). The standard InChI is InChI=1S/C23H27NO5S/c1-4-20(28-5-2)16-23-24(14-13-17(3)30(25,26)27)21-15-19(11-12-22(21)29-23)18-9-7-6-8-10-18/h6-12,15-17H,4-5,13-14H2,1-3H3/p+1/b20-16+. The minimum atomic E-state index is -4.09. The number of aryl methyl sites for hydroxylation is 1. The molecule has 0 aliphatic carbocycles. The molecule has 1 aromatic heterocycles. The van der Waals surface area contributed by atoms with E-state index in [4.69, 9.17) is 9.15 Å². The fraction of sp³-hybridized carbons (Fsp3) is 0.348. The first-order chi connectivity index (χ1) is 14.3. The first-order valence-electron chi connectivity index (χ1n) is 10.1. The number of benzene rings is 2. The summed E-state index contributed by atoms with van der Waals surface area (Å²) in [4.78, 5) is 0. The van der Waals surface area contributed by atoms with Crippen LogP contribution in [0.25, 0.3) is 28.3 Å². The van der Waals surface area contributed by atoms with Gasteiger partial charge in [0.25, 0.3) is 15.6 Å². The number of ether oxygens (including phenoxy) is 1. The number of nitrogens with zero attached hydrogens (tertiary/aromatic N) is 1. The van der Waals surface area contributed by atoms with E-state index in [1.165, 1.54) is 6.92 Å².